The molecule has 0 bridgehead atoms. The summed E-state index contributed by atoms with van der Waals surface area (Å²) in [6, 6.07) is 13.4. The van der Waals surface area contributed by atoms with Crippen molar-refractivity contribution in [1.82, 2.24) is 16.2 Å². The number of carboxylic acid groups (broad SMARTS) is 1. The highest BCUT2D eigenvalue weighted by Crippen LogP contribution is 2.31. The van der Waals surface area contributed by atoms with E-state index in [1.807, 2.05) is 6.92 Å². The minimum absolute atomic E-state index is 0.00851. The van der Waals surface area contributed by atoms with E-state index in [0.29, 0.717) is 5.56 Å². The average molecular weight is 371 g/mol. The van der Waals surface area contributed by atoms with Crippen molar-refractivity contribution in [2.24, 2.45) is 5.92 Å². The quantitative estimate of drug-likeness (QED) is 0.626. The topological polar surface area (TPSA) is 90.5 Å². The highest BCUT2D eigenvalue weighted by molar-refractivity contribution is 5.84. The highest BCUT2D eigenvalue weighted by atomic mass is 19.1. The van der Waals surface area contributed by atoms with Crippen LogP contribution in [0.25, 0.3) is 0 Å². The predicted molar refractivity (Wildman–Crippen MR) is 97.9 cm³/mol. The Kier molecular flexibility index (Phi) is 5.83. The third kappa shape index (κ3) is 4.50. The van der Waals surface area contributed by atoms with Crippen molar-refractivity contribution < 1.29 is 19.1 Å². The minimum atomic E-state index is -1.11. The van der Waals surface area contributed by atoms with E-state index in [0.717, 1.165) is 5.56 Å². The number of rotatable bonds is 6. The van der Waals surface area contributed by atoms with Crippen LogP contribution in [-0.4, -0.2) is 23.0 Å². The Morgan fingerprint density at radius 1 is 1.11 bits per heavy atom. The number of benzene rings is 2. The molecule has 7 heteroatoms. The standard InChI is InChI=1S/C20H22FN3O3/c1-12-16(18(24-23-12)14-7-9-15(21)10-8-14)11-17(25)22-19(20(26)27)13-5-3-2-4-6-13/h2-10,12,16,18-19,23-24H,11H2,1H3,(H,22,25)(H,26,27)/t12?,16?,18?,19-/m1/s1. The molecule has 0 aliphatic carbocycles. The number of carbonyl (C=O) groups excluding carboxylic acids is 1. The maximum absolute atomic E-state index is 13.2. The molecular formula is C20H22FN3O3. The van der Waals surface area contributed by atoms with Crippen LogP contribution in [0.15, 0.2) is 54.6 Å². The van der Waals surface area contributed by atoms with E-state index < -0.39 is 12.0 Å². The number of halogens is 1. The molecule has 27 heavy (non-hydrogen) atoms. The van der Waals surface area contributed by atoms with E-state index in [4.69, 9.17) is 0 Å². The molecule has 3 unspecified atom stereocenters. The van der Waals surface area contributed by atoms with E-state index in [1.54, 1.807) is 42.5 Å². The summed E-state index contributed by atoms with van der Waals surface area (Å²) < 4.78 is 13.2. The number of hydrogen-bond donors (Lipinski definition) is 4. The van der Waals surface area contributed by atoms with Gasteiger partial charge in [0.2, 0.25) is 5.91 Å². The molecule has 4 N–H and O–H groups in total. The van der Waals surface area contributed by atoms with E-state index in [1.165, 1.54) is 12.1 Å². The van der Waals surface area contributed by atoms with Gasteiger partial charge >= 0.3 is 5.97 Å². The van der Waals surface area contributed by atoms with E-state index >= 15 is 0 Å². The predicted octanol–water partition coefficient (Wildman–Crippen LogP) is 2.31. The molecule has 1 saturated heterocycles. The third-order valence-electron chi connectivity index (χ3n) is 4.87. The van der Waals surface area contributed by atoms with Crippen molar-refractivity contribution in [3.05, 3.63) is 71.5 Å². The molecule has 1 aliphatic rings. The molecule has 1 fully saturated rings. The second kappa shape index (κ2) is 8.28. The van der Waals surface area contributed by atoms with Gasteiger partial charge in [-0.25, -0.2) is 14.6 Å². The minimum Gasteiger partial charge on any atom is -0.479 e. The van der Waals surface area contributed by atoms with Gasteiger partial charge in [0.1, 0.15) is 5.82 Å². The molecule has 1 amide bonds. The fraction of sp³-hybridized carbons (Fsp3) is 0.300. The number of carbonyl (C=O) groups is 2. The first-order valence-corrected chi connectivity index (χ1v) is 8.79. The lowest BCUT2D eigenvalue weighted by Crippen LogP contribution is -2.36. The van der Waals surface area contributed by atoms with Gasteiger partial charge in [-0.05, 0) is 30.2 Å². The van der Waals surface area contributed by atoms with E-state index in [-0.39, 0.29) is 36.1 Å². The van der Waals surface area contributed by atoms with Crippen molar-refractivity contribution in [2.75, 3.05) is 0 Å². The number of carboxylic acids is 1. The van der Waals surface area contributed by atoms with Gasteiger partial charge in [0.15, 0.2) is 6.04 Å². The molecule has 0 spiro atoms. The van der Waals surface area contributed by atoms with Gasteiger partial charge in [-0.15, -0.1) is 0 Å². The first kappa shape index (κ1) is 19.0. The molecule has 142 valence electrons. The van der Waals surface area contributed by atoms with E-state index in [9.17, 15) is 19.1 Å². The Morgan fingerprint density at radius 2 is 1.78 bits per heavy atom. The summed E-state index contributed by atoms with van der Waals surface area (Å²) in [5.74, 6) is -1.89. The summed E-state index contributed by atoms with van der Waals surface area (Å²) in [6.45, 7) is 1.94. The summed E-state index contributed by atoms with van der Waals surface area (Å²) in [4.78, 5) is 24.2. The zero-order valence-corrected chi connectivity index (χ0v) is 14.9. The molecule has 0 radical (unpaired) electrons. The maximum Gasteiger partial charge on any atom is 0.330 e. The van der Waals surface area contributed by atoms with Crippen LogP contribution in [0.4, 0.5) is 4.39 Å². The van der Waals surface area contributed by atoms with Crippen molar-refractivity contribution in [2.45, 2.75) is 31.5 Å². The molecule has 3 rings (SSSR count). The molecule has 0 aromatic heterocycles. The van der Waals surface area contributed by atoms with E-state index in [2.05, 4.69) is 16.2 Å². The van der Waals surface area contributed by atoms with Gasteiger partial charge in [-0.1, -0.05) is 42.5 Å². The van der Waals surface area contributed by atoms with Gasteiger partial charge in [-0.2, -0.15) is 0 Å². The summed E-state index contributed by atoms with van der Waals surface area (Å²) in [7, 11) is 0. The largest absolute Gasteiger partial charge is 0.479 e. The molecule has 6 nitrogen and oxygen atoms in total. The molecule has 4 atom stereocenters. The molecular weight excluding hydrogens is 349 g/mol. The van der Waals surface area contributed by atoms with Gasteiger partial charge in [0, 0.05) is 18.4 Å². The van der Waals surface area contributed by atoms with Crippen LogP contribution in [-0.2, 0) is 9.59 Å². The lowest BCUT2D eigenvalue weighted by atomic mass is 9.87. The van der Waals surface area contributed by atoms with Gasteiger partial charge in [0.25, 0.3) is 0 Å². The number of hydrogen-bond acceptors (Lipinski definition) is 4. The van der Waals surface area contributed by atoms with Crippen molar-refractivity contribution in [3.63, 3.8) is 0 Å². The van der Waals surface area contributed by atoms with Crippen LogP contribution in [0, 0.1) is 11.7 Å². The maximum atomic E-state index is 13.2. The molecule has 1 heterocycles. The summed E-state index contributed by atoms with van der Waals surface area (Å²) in [5.41, 5.74) is 7.62. The van der Waals surface area contributed by atoms with Crippen LogP contribution >= 0.6 is 0 Å². The SMILES string of the molecule is CC1NNC(c2ccc(F)cc2)C1CC(=O)N[C@@H](C(=O)O)c1ccccc1. The Hall–Kier alpha value is -2.77. The van der Waals surface area contributed by atoms with Crippen LogP contribution in [0.1, 0.15) is 36.6 Å². The second-order valence-electron chi connectivity index (χ2n) is 6.72. The van der Waals surface area contributed by atoms with Gasteiger partial charge < -0.3 is 10.4 Å². The third-order valence-corrected chi connectivity index (χ3v) is 4.87. The summed E-state index contributed by atoms with van der Waals surface area (Å²) in [5, 5.41) is 12.1. The summed E-state index contributed by atoms with van der Waals surface area (Å²) >= 11 is 0. The summed E-state index contributed by atoms with van der Waals surface area (Å²) in [6.07, 6.45) is 0.139. The second-order valence-corrected chi connectivity index (χ2v) is 6.72. The lowest BCUT2D eigenvalue weighted by Gasteiger charge is -2.22. The smallest absolute Gasteiger partial charge is 0.330 e. The molecule has 1 aliphatic heterocycles. The van der Waals surface area contributed by atoms with Crippen molar-refractivity contribution in [1.29, 1.82) is 0 Å². The monoisotopic (exact) mass is 371 g/mol. The Labute approximate surface area is 156 Å². The fourth-order valence-electron chi connectivity index (χ4n) is 3.39. The van der Waals surface area contributed by atoms with Crippen molar-refractivity contribution >= 4 is 11.9 Å². The number of amides is 1. The van der Waals surface area contributed by atoms with Crippen molar-refractivity contribution in [3.8, 4) is 0 Å². The first-order valence-electron chi connectivity index (χ1n) is 8.79. The number of hydrazine groups is 1. The molecule has 2 aromatic carbocycles. The van der Waals surface area contributed by atoms with Crippen LogP contribution in [0.5, 0.6) is 0 Å². The first-order chi connectivity index (χ1) is 13.0. The average Bonchev–Trinajstić information content (AvgIpc) is 3.01. The number of aliphatic carboxylic acids is 1. The zero-order valence-electron chi connectivity index (χ0n) is 14.9. The highest BCUT2D eigenvalue weighted by Gasteiger charge is 2.36. The van der Waals surface area contributed by atoms with Crippen LogP contribution in [0.3, 0.4) is 0 Å². The lowest BCUT2D eigenvalue weighted by molar-refractivity contribution is -0.142. The molecule has 2 aromatic rings. The van der Waals surface area contributed by atoms with Crippen LogP contribution in [0.2, 0.25) is 0 Å². The van der Waals surface area contributed by atoms with Gasteiger partial charge in [0.05, 0.1) is 6.04 Å². The Bertz CT molecular complexity index is 798. The number of nitrogens with one attached hydrogen (secondary N) is 3. The Morgan fingerprint density at radius 3 is 2.41 bits per heavy atom. The fourth-order valence-corrected chi connectivity index (χ4v) is 3.39. The molecule has 0 saturated carbocycles. The van der Waals surface area contributed by atoms with Gasteiger partial charge in [-0.3, -0.25) is 10.2 Å². The Balaban J connectivity index is 1.71. The normalized spacial score (nSPS) is 23.0. The zero-order chi connectivity index (χ0) is 19.4. The van der Waals surface area contributed by atoms with Crippen LogP contribution < -0.4 is 16.2 Å².